The highest BCUT2D eigenvalue weighted by atomic mass is 32.2. The number of ether oxygens (including phenoxy) is 1. The third kappa shape index (κ3) is 4.07. The van der Waals surface area contributed by atoms with Gasteiger partial charge in [-0.2, -0.15) is 9.40 Å². The molecule has 174 valence electrons. The first-order chi connectivity index (χ1) is 15.3. The number of fused-ring (bicyclic) bond motifs is 1. The van der Waals surface area contributed by atoms with Crippen LogP contribution in [0.25, 0.3) is 21.7 Å². The van der Waals surface area contributed by atoms with Crippen LogP contribution in [0, 0.1) is 0 Å². The number of hydrogen-bond donors (Lipinski definition) is 1. The van der Waals surface area contributed by atoms with E-state index in [0.29, 0.717) is 66.7 Å². The van der Waals surface area contributed by atoms with Gasteiger partial charge < -0.3 is 14.6 Å². The van der Waals surface area contributed by atoms with Gasteiger partial charge in [0, 0.05) is 39.3 Å². The number of nitrogens with zero attached hydrogens (tertiary/aromatic N) is 5. The molecule has 10 nitrogen and oxygen atoms in total. The lowest BCUT2D eigenvalue weighted by Gasteiger charge is -2.31. The monoisotopic (exact) mass is 480 g/mol. The minimum Gasteiger partial charge on any atom is -0.492 e. The van der Waals surface area contributed by atoms with E-state index in [-0.39, 0.29) is 9.77 Å². The normalized spacial score (nSPS) is 16.1. The van der Waals surface area contributed by atoms with Crippen LogP contribution in [-0.4, -0.2) is 77.2 Å². The lowest BCUT2D eigenvalue weighted by Crippen LogP contribution is -2.46. The second-order valence-electron chi connectivity index (χ2n) is 7.83. The number of thiophene rings is 1. The number of sulfonamides is 1. The molecule has 4 heterocycles. The number of aromatic amines is 1. The molecule has 1 N–H and O–H groups in total. The van der Waals surface area contributed by atoms with Crippen molar-refractivity contribution in [2.45, 2.75) is 30.9 Å². The molecule has 0 unspecified atom stereocenters. The molecule has 0 saturated carbocycles. The summed E-state index contributed by atoms with van der Waals surface area (Å²) in [5, 5.41) is 4.45. The quantitative estimate of drug-likeness (QED) is 0.547. The van der Waals surface area contributed by atoms with Gasteiger partial charge in [0.15, 0.2) is 11.3 Å². The van der Waals surface area contributed by atoms with Crippen LogP contribution < -0.4 is 10.3 Å². The number of aryl methyl sites for hydroxylation is 2. The molecule has 4 rings (SSSR count). The molecule has 0 bridgehead atoms. The van der Waals surface area contributed by atoms with Gasteiger partial charge in [-0.3, -0.25) is 9.48 Å². The SMILES string of the molecule is CCCc1nn(C)c2c(=O)[nH]c(-c3sc(S(=O)(=O)N4CCN(C)CC4)cc3OCC)nc12. The van der Waals surface area contributed by atoms with Crippen LogP contribution in [-0.2, 0) is 23.5 Å². The average Bonchev–Trinajstić information content (AvgIpc) is 3.31. The molecule has 3 aromatic heterocycles. The zero-order valence-corrected chi connectivity index (χ0v) is 20.3. The summed E-state index contributed by atoms with van der Waals surface area (Å²) in [6, 6.07) is 1.54. The predicted octanol–water partition coefficient (Wildman–Crippen LogP) is 1.67. The lowest BCUT2D eigenvalue weighted by atomic mass is 10.2. The maximum Gasteiger partial charge on any atom is 0.277 e. The van der Waals surface area contributed by atoms with Gasteiger partial charge in [0.2, 0.25) is 0 Å². The van der Waals surface area contributed by atoms with E-state index >= 15 is 0 Å². The molecular weight excluding hydrogens is 452 g/mol. The van der Waals surface area contributed by atoms with E-state index in [0.717, 1.165) is 23.5 Å². The first-order valence-corrected chi connectivity index (χ1v) is 12.9. The second kappa shape index (κ2) is 8.93. The minimum absolute atomic E-state index is 0.184. The van der Waals surface area contributed by atoms with Gasteiger partial charge in [-0.25, -0.2) is 13.4 Å². The first-order valence-electron chi connectivity index (χ1n) is 10.7. The average molecular weight is 481 g/mol. The Morgan fingerprint density at radius 3 is 2.56 bits per heavy atom. The van der Waals surface area contributed by atoms with Crippen LogP contribution in [0.3, 0.4) is 0 Å². The molecule has 0 amide bonds. The van der Waals surface area contributed by atoms with Crippen molar-refractivity contribution in [3.8, 4) is 16.5 Å². The number of rotatable bonds is 7. The van der Waals surface area contributed by atoms with Crippen molar-refractivity contribution >= 4 is 32.4 Å². The molecule has 0 atom stereocenters. The van der Waals surface area contributed by atoms with Crippen LogP contribution >= 0.6 is 11.3 Å². The molecule has 1 aliphatic heterocycles. The van der Waals surface area contributed by atoms with Crippen molar-refractivity contribution in [3.63, 3.8) is 0 Å². The highest BCUT2D eigenvalue weighted by molar-refractivity contribution is 7.91. The maximum atomic E-state index is 13.3. The molecule has 0 aromatic carbocycles. The number of likely N-dealkylation sites (N-methyl/N-ethyl adjacent to an activating group) is 1. The third-order valence-corrected chi connectivity index (χ3v) is 8.97. The number of H-pyrrole nitrogens is 1. The Kier molecular flexibility index (Phi) is 6.39. The van der Waals surface area contributed by atoms with E-state index in [1.54, 1.807) is 7.05 Å². The van der Waals surface area contributed by atoms with Crippen molar-refractivity contribution in [3.05, 3.63) is 22.1 Å². The van der Waals surface area contributed by atoms with E-state index in [1.165, 1.54) is 15.1 Å². The molecule has 3 aromatic rings. The molecule has 12 heteroatoms. The van der Waals surface area contributed by atoms with Gasteiger partial charge in [0.25, 0.3) is 15.6 Å². The number of hydrogen-bond acceptors (Lipinski definition) is 8. The predicted molar refractivity (Wildman–Crippen MR) is 124 cm³/mol. The van der Waals surface area contributed by atoms with E-state index in [1.807, 2.05) is 20.9 Å². The fourth-order valence-electron chi connectivity index (χ4n) is 3.82. The Bertz CT molecular complexity index is 1290. The number of nitrogens with one attached hydrogen (secondary N) is 1. The summed E-state index contributed by atoms with van der Waals surface area (Å²) in [6.45, 7) is 6.47. The highest BCUT2D eigenvalue weighted by Gasteiger charge is 2.31. The zero-order chi connectivity index (χ0) is 23.0. The Hall–Kier alpha value is -2.28. The molecule has 32 heavy (non-hydrogen) atoms. The smallest absolute Gasteiger partial charge is 0.277 e. The zero-order valence-electron chi connectivity index (χ0n) is 18.7. The molecule has 1 aliphatic rings. The highest BCUT2D eigenvalue weighted by Crippen LogP contribution is 2.40. The summed E-state index contributed by atoms with van der Waals surface area (Å²) >= 11 is 1.07. The van der Waals surface area contributed by atoms with Gasteiger partial charge in [-0.1, -0.05) is 13.3 Å². The summed E-state index contributed by atoms with van der Waals surface area (Å²) in [5.41, 5.74) is 1.36. The molecule has 0 spiro atoms. The van der Waals surface area contributed by atoms with Crippen molar-refractivity contribution in [1.82, 2.24) is 29.0 Å². The van der Waals surface area contributed by atoms with Crippen molar-refractivity contribution in [1.29, 1.82) is 0 Å². The van der Waals surface area contributed by atoms with Crippen LogP contribution in [0.15, 0.2) is 15.1 Å². The van der Waals surface area contributed by atoms with Crippen LogP contribution in [0.2, 0.25) is 0 Å². The molecule has 0 aliphatic carbocycles. The van der Waals surface area contributed by atoms with Crippen LogP contribution in [0.5, 0.6) is 5.75 Å². The summed E-state index contributed by atoms with van der Waals surface area (Å²) in [4.78, 5) is 22.9. The van der Waals surface area contributed by atoms with E-state index < -0.39 is 10.0 Å². The Labute approximate surface area is 190 Å². The van der Waals surface area contributed by atoms with Crippen LogP contribution in [0.4, 0.5) is 0 Å². The Morgan fingerprint density at radius 2 is 1.91 bits per heavy atom. The van der Waals surface area contributed by atoms with Gasteiger partial charge in [0.05, 0.1) is 12.3 Å². The Morgan fingerprint density at radius 1 is 1.19 bits per heavy atom. The molecule has 1 saturated heterocycles. The van der Waals surface area contributed by atoms with Crippen molar-refractivity contribution < 1.29 is 13.2 Å². The fraction of sp³-hybridized carbons (Fsp3) is 0.550. The third-order valence-electron chi connectivity index (χ3n) is 5.50. The number of piperazine rings is 1. The Balaban J connectivity index is 1.82. The van der Waals surface area contributed by atoms with E-state index in [4.69, 9.17) is 4.74 Å². The van der Waals surface area contributed by atoms with Crippen LogP contribution in [0.1, 0.15) is 26.0 Å². The van der Waals surface area contributed by atoms with E-state index in [9.17, 15) is 13.2 Å². The summed E-state index contributed by atoms with van der Waals surface area (Å²) in [6.07, 6.45) is 1.56. The van der Waals surface area contributed by atoms with Gasteiger partial charge >= 0.3 is 0 Å². The topological polar surface area (TPSA) is 113 Å². The summed E-state index contributed by atoms with van der Waals surface area (Å²) in [5.74, 6) is 0.690. The first kappa shape index (κ1) is 22.9. The lowest BCUT2D eigenvalue weighted by molar-refractivity contribution is 0.222. The standard InChI is InChI=1S/C20H28N6O4S2/c1-5-7-13-16-17(25(4)23-13)20(27)22-19(21-16)18-14(30-6-2)12-15(31-18)32(28,29)26-10-8-24(3)9-11-26/h12H,5-11H2,1-4H3,(H,21,22,27). The van der Waals surface area contributed by atoms with E-state index in [2.05, 4.69) is 20.0 Å². The van der Waals surface area contributed by atoms with Crippen molar-refractivity contribution in [2.75, 3.05) is 39.8 Å². The minimum atomic E-state index is -3.67. The molecular formula is C20H28N6O4S2. The van der Waals surface area contributed by atoms with Gasteiger partial charge in [0.1, 0.15) is 20.4 Å². The summed E-state index contributed by atoms with van der Waals surface area (Å²) in [7, 11) is 0.0240. The molecule has 1 fully saturated rings. The summed E-state index contributed by atoms with van der Waals surface area (Å²) < 4.78 is 35.5. The van der Waals surface area contributed by atoms with Gasteiger partial charge in [-0.05, 0) is 20.4 Å². The maximum absolute atomic E-state index is 13.3. The number of aromatic nitrogens is 4. The van der Waals surface area contributed by atoms with Crippen molar-refractivity contribution in [2.24, 2.45) is 7.05 Å². The largest absolute Gasteiger partial charge is 0.492 e. The van der Waals surface area contributed by atoms with Gasteiger partial charge in [-0.15, -0.1) is 11.3 Å². The molecule has 0 radical (unpaired) electrons. The second-order valence-corrected chi connectivity index (χ2v) is 11.0. The fourth-order valence-corrected chi connectivity index (χ4v) is 6.74.